The molecule has 1 heterocycles. The minimum absolute atomic E-state index is 0.00883. The van der Waals surface area contributed by atoms with Crippen molar-refractivity contribution >= 4 is 18.5 Å². The van der Waals surface area contributed by atoms with Gasteiger partial charge in [-0.05, 0) is 50.5 Å². The molecule has 1 saturated carbocycles. The van der Waals surface area contributed by atoms with Gasteiger partial charge in [-0.1, -0.05) is 0 Å². The second-order valence-electron chi connectivity index (χ2n) is 7.23. The highest BCUT2D eigenvalue weighted by Gasteiger charge is 2.26. The van der Waals surface area contributed by atoms with Crippen LogP contribution in [0.2, 0.25) is 0 Å². The Morgan fingerprint density at radius 2 is 1.74 bits per heavy atom. The van der Waals surface area contributed by atoms with E-state index >= 15 is 0 Å². The lowest BCUT2D eigenvalue weighted by atomic mass is 9.78. The van der Waals surface area contributed by atoms with Gasteiger partial charge >= 0.3 is 7.60 Å². The maximum atomic E-state index is 11.0. The van der Waals surface area contributed by atoms with Crippen molar-refractivity contribution in [2.75, 3.05) is 20.4 Å². The molecule has 2 N–H and O–H groups in total. The summed E-state index contributed by atoms with van der Waals surface area (Å²) < 4.78 is 21.8. The van der Waals surface area contributed by atoms with E-state index in [0.717, 1.165) is 48.7 Å². The van der Waals surface area contributed by atoms with Gasteiger partial charge in [-0.25, -0.2) is 9.97 Å². The summed E-state index contributed by atoms with van der Waals surface area (Å²) in [5.41, 5.74) is 1.90. The molecule has 7 nitrogen and oxygen atoms in total. The predicted octanol–water partition coefficient (Wildman–Crippen LogP) is 3.88. The van der Waals surface area contributed by atoms with Crippen LogP contribution < -0.4 is 9.47 Å². The smallest absolute Gasteiger partial charge is 0.325 e. The van der Waals surface area contributed by atoms with Gasteiger partial charge in [0.15, 0.2) is 11.5 Å². The number of ether oxygens (including phenoxy) is 2. The first-order valence-corrected chi connectivity index (χ1v) is 11.1. The maximum absolute atomic E-state index is 11.0. The zero-order valence-corrected chi connectivity index (χ0v) is 16.7. The van der Waals surface area contributed by atoms with Crippen molar-refractivity contribution in [2.45, 2.75) is 44.4 Å². The topological polar surface area (TPSA) is 102 Å². The molecule has 1 aliphatic rings. The molecule has 1 aliphatic carbocycles. The monoisotopic (exact) mass is 394 g/mol. The summed E-state index contributed by atoms with van der Waals surface area (Å²) in [4.78, 5) is 26.9. The van der Waals surface area contributed by atoms with Crippen LogP contribution in [-0.2, 0) is 4.57 Å². The molecule has 1 fully saturated rings. The summed E-state index contributed by atoms with van der Waals surface area (Å²) in [5.74, 6) is 2.23. The molecule has 27 heavy (non-hydrogen) atoms. The zero-order valence-electron chi connectivity index (χ0n) is 15.8. The number of fused-ring (bicyclic) bond motifs is 1. The third-order valence-electron chi connectivity index (χ3n) is 5.47. The van der Waals surface area contributed by atoms with Crippen LogP contribution in [0.15, 0.2) is 18.5 Å². The van der Waals surface area contributed by atoms with Crippen LogP contribution in [0.25, 0.3) is 10.9 Å². The number of aromatic nitrogens is 2. The van der Waals surface area contributed by atoms with Crippen LogP contribution in [0, 0.1) is 5.92 Å². The van der Waals surface area contributed by atoms with E-state index in [9.17, 15) is 4.57 Å². The normalized spacial score (nSPS) is 20.6. The maximum Gasteiger partial charge on any atom is 0.325 e. The SMILES string of the molecule is COc1cc2ncnc([C@H]3CC[C@@H](CCCP(=O)(O)O)CC3)c2cc1OC. The molecule has 0 spiro atoms. The van der Waals surface area contributed by atoms with Crippen LogP contribution >= 0.6 is 7.60 Å². The van der Waals surface area contributed by atoms with Crippen LogP contribution in [0.5, 0.6) is 11.5 Å². The fourth-order valence-electron chi connectivity index (χ4n) is 4.04. The minimum atomic E-state index is -3.87. The Bertz CT molecular complexity index is 830. The molecule has 3 rings (SSSR count). The van der Waals surface area contributed by atoms with Gasteiger partial charge in [0.25, 0.3) is 0 Å². The Hall–Kier alpha value is -1.69. The van der Waals surface area contributed by atoms with Gasteiger partial charge in [0.1, 0.15) is 6.33 Å². The van der Waals surface area contributed by atoms with Gasteiger partial charge < -0.3 is 19.3 Å². The molecule has 0 amide bonds. The van der Waals surface area contributed by atoms with Crippen LogP contribution in [0.4, 0.5) is 0 Å². The van der Waals surface area contributed by atoms with Crippen molar-refractivity contribution in [1.29, 1.82) is 0 Å². The average Bonchev–Trinajstić information content (AvgIpc) is 2.66. The van der Waals surface area contributed by atoms with Crippen LogP contribution in [0.3, 0.4) is 0 Å². The highest BCUT2D eigenvalue weighted by atomic mass is 31.2. The van der Waals surface area contributed by atoms with Crippen molar-refractivity contribution < 1.29 is 23.8 Å². The summed E-state index contributed by atoms with van der Waals surface area (Å²) in [6.07, 6.45) is 7.25. The number of benzene rings is 1. The van der Waals surface area contributed by atoms with Gasteiger partial charge in [-0.15, -0.1) is 0 Å². The molecule has 1 aromatic carbocycles. The molecule has 2 aromatic rings. The molecular weight excluding hydrogens is 367 g/mol. The van der Waals surface area contributed by atoms with Gasteiger partial charge in [-0.3, -0.25) is 4.57 Å². The highest BCUT2D eigenvalue weighted by Crippen LogP contribution is 2.42. The number of hydrogen-bond donors (Lipinski definition) is 2. The van der Waals surface area contributed by atoms with Gasteiger partial charge in [-0.2, -0.15) is 0 Å². The van der Waals surface area contributed by atoms with E-state index in [-0.39, 0.29) is 6.16 Å². The third-order valence-corrected chi connectivity index (χ3v) is 6.37. The number of hydrogen-bond acceptors (Lipinski definition) is 5. The van der Waals surface area contributed by atoms with Gasteiger partial charge in [0.05, 0.1) is 25.4 Å². The Balaban J connectivity index is 1.71. The van der Waals surface area contributed by atoms with E-state index in [1.807, 2.05) is 12.1 Å². The molecule has 8 heteroatoms. The highest BCUT2D eigenvalue weighted by molar-refractivity contribution is 7.51. The number of rotatable bonds is 7. The zero-order chi connectivity index (χ0) is 19.4. The van der Waals surface area contributed by atoms with E-state index < -0.39 is 7.60 Å². The van der Waals surface area contributed by atoms with E-state index in [1.54, 1.807) is 20.5 Å². The second kappa shape index (κ2) is 8.55. The van der Waals surface area contributed by atoms with Crippen LogP contribution in [-0.4, -0.2) is 40.1 Å². The molecule has 0 aliphatic heterocycles. The average molecular weight is 394 g/mol. The molecule has 148 valence electrons. The third kappa shape index (κ3) is 4.98. The van der Waals surface area contributed by atoms with Gasteiger partial charge in [0, 0.05) is 23.5 Å². The second-order valence-corrected chi connectivity index (χ2v) is 9.01. The van der Waals surface area contributed by atoms with E-state index in [4.69, 9.17) is 19.3 Å². The number of methoxy groups -OCH3 is 2. The Morgan fingerprint density at radius 1 is 1.07 bits per heavy atom. The predicted molar refractivity (Wildman–Crippen MR) is 103 cm³/mol. The van der Waals surface area contributed by atoms with E-state index in [0.29, 0.717) is 29.8 Å². The van der Waals surface area contributed by atoms with E-state index in [1.165, 1.54) is 0 Å². The number of nitrogens with zero attached hydrogens (tertiary/aromatic N) is 2. The first kappa shape index (κ1) is 20.1. The lowest BCUT2D eigenvalue weighted by Crippen LogP contribution is -2.15. The first-order valence-electron chi connectivity index (χ1n) is 9.32. The molecule has 0 radical (unpaired) electrons. The minimum Gasteiger partial charge on any atom is -0.493 e. The lowest BCUT2D eigenvalue weighted by Gasteiger charge is -2.28. The van der Waals surface area contributed by atoms with Crippen molar-refractivity contribution in [3.63, 3.8) is 0 Å². The Morgan fingerprint density at radius 3 is 2.37 bits per heavy atom. The summed E-state index contributed by atoms with van der Waals surface area (Å²) in [7, 11) is -0.643. The molecule has 0 bridgehead atoms. The first-order chi connectivity index (χ1) is 12.9. The molecule has 0 saturated heterocycles. The Labute approximate surface area is 159 Å². The summed E-state index contributed by atoms with van der Waals surface area (Å²) in [5, 5.41) is 1.00. The van der Waals surface area contributed by atoms with Gasteiger partial charge in [0.2, 0.25) is 0 Å². The fourth-order valence-corrected chi connectivity index (χ4v) is 4.63. The molecule has 0 unspecified atom stereocenters. The standard InChI is InChI=1S/C19H27N2O5P/c1-25-17-10-15-16(11-18(17)26-2)20-12-21-19(15)14-7-5-13(6-8-14)4-3-9-27(22,23)24/h10-14H,3-9H2,1-2H3,(H2,22,23,24)/t13-,14+. The fraction of sp³-hybridized carbons (Fsp3) is 0.579. The molecular formula is C19H27N2O5P. The molecule has 0 atom stereocenters. The van der Waals surface area contributed by atoms with Crippen LogP contribution in [0.1, 0.15) is 50.1 Å². The van der Waals surface area contributed by atoms with Crippen molar-refractivity contribution in [2.24, 2.45) is 5.92 Å². The van der Waals surface area contributed by atoms with Crippen molar-refractivity contribution in [3.8, 4) is 11.5 Å². The summed E-state index contributed by atoms with van der Waals surface area (Å²) in [6.45, 7) is 0. The Kier molecular flexibility index (Phi) is 6.35. The lowest BCUT2D eigenvalue weighted by molar-refractivity contribution is 0.303. The summed E-state index contributed by atoms with van der Waals surface area (Å²) >= 11 is 0. The molecule has 1 aromatic heterocycles. The van der Waals surface area contributed by atoms with Crippen molar-refractivity contribution in [1.82, 2.24) is 9.97 Å². The quantitative estimate of drug-likeness (QED) is 0.687. The van der Waals surface area contributed by atoms with Crippen molar-refractivity contribution in [3.05, 3.63) is 24.2 Å². The van der Waals surface area contributed by atoms with E-state index in [2.05, 4.69) is 9.97 Å². The summed E-state index contributed by atoms with van der Waals surface area (Å²) in [6, 6.07) is 3.84. The largest absolute Gasteiger partial charge is 0.493 e.